The summed E-state index contributed by atoms with van der Waals surface area (Å²) in [6.45, 7) is 2.69. The third kappa shape index (κ3) is 4.31. The van der Waals surface area contributed by atoms with E-state index in [-0.39, 0.29) is 4.90 Å². The molecule has 1 aliphatic heterocycles. The molecule has 33 heavy (non-hydrogen) atoms. The van der Waals surface area contributed by atoms with Gasteiger partial charge in [0, 0.05) is 17.9 Å². The number of nitrogens with one attached hydrogen (secondary N) is 1. The van der Waals surface area contributed by atoms with Crippen LogP contribution in [0.1, 0.15) is 29.3 Å². The Hall–Kier alpha value is -3.36. The Morgan fingerprint density at radius 1 is 0.939 bits per heavy atom. The van der Waals surface area contributed by atoms with Crippen molar-refractivity contribution >= 4 is 21.0 Å². The molecular formula is C25H22FNO5S. The van der Waals surface area contributed by atoms with E-state index in [0.29, 0.717) is 53.6 Å². The van der Waals surface area contributed by atoms with Gasteiger partial charge in [-0.3, -0.25) is 0 Å². The van der Waals surface area contributed by atoms with Crippen LogP contribution in [0.3, 0.4) is 0 Å². The average molecular weight is 468 g/mol. The van der Waals surface area contributed by atoms with E-state index < -0.39 is 21.9 Å². The summed E-state index contributed by atoms with van der Waals surface area (Å²) in [6.07, 6.45) is 0.715. The van der Waals surface area contributed by atoms with Gasteiger partial charge in [0.05, 0.1) is 18.1 Å². The minimum absolute atomic E-state index is 0.0348. The number of aryl methyl sites for hydroxylation is 1. The second-order valence-electron chi connectivity index (χ2n) is 7.90. The molecule has 0 aliphatic carbocycles. The second-order valence-corrected chi connectivity index (χ2v) is 9.61. The average Bonchev–Trinajstić information content (AvgIpc) is 3.08. The topological polar surface area (TPSA) is 77.8 Å². The molecule has 4 aromatic rings. The summed E-state index contributed by atoms with van der Waals surface area (Å²) in [4.78, 5) is 0.0348. The maximum atomic E-state index is 13.8. The molecule has 3 aromatic carbocycles. The zero-order valence-electron chi connectivity index (χ0n) is 17.9. The van der Waals surface area contributed by atoms with Crippen molar-refractivity contribution in [3.63, 3.8) is 0 Å². The van der Waals surface area contributed by atoms with Crippen LogP contribution >= 0.6 is 0 Å². The highest BCUT2D eigenvalue weighted by molar-refractivity contribution is 7.89. The van der Waals surface area contributed by atoms with E-state index in [1.165, 1.54) is 24.3 Å². The fraction of sp³-hybridized carbons (Fsp3) is 0.200. The number of fused-ring (bicyclic) bond motifs is 2. The van der Waals surface area contributed by atoms with E-state index in [4.69, 9.17) is 13.9 Å². The largest absolute Gasteiger partial charge is 0.490 e. The third-order valence-electron chi connectivity index (χ3n) is 5.57. The van der Waals surface area contributed by atoms with Gasteiger partial charge in [-0.2, -0.15) is 4.72 Å². The summed E-state index contributed by atoms with van der Waals surface area (Å²) in [7, 11) is -4.00. The summed E-state index contributed by atoms with van der Waals surface area (Å²) >= 11 is 0. The fourth-order valence-electron chi connectivity index (χ4n) is 3.92. The van der Waals surface area contributed by atoms with Crippen molar-refractivity contribution in [2.24, 2.45) is 0 Å². The number of furan rings is 1. The number of rotatable bonds is 5. The minimum Gasteiger partial charge on any atom is -0.490 e. The number of para-hydroxylation sites is 1. The molecule has 6 nitrogen and oxygen atoms in total. The van der Waals surface area contributed by atoms with Gasteiger partial charge in [-0.15, -0.1) is 0 Å². The Morgan fingerprint density at radius 2 is 1.73 bits per heavy atom. The Morgan fingerprint density at radius 3 is 2.52 bits per heavy atom. The first-order chi connectivity index (χ1) is 15.9. The summed E-state index contributed by atoms with van der Waals surface area (Å²) in [5.41, 5.74) is 1.82. The molecule has 0 radical (unpaired) electrons. The van der Waals surface area contributed by atoms with Gasteiger partial charge < -0.3 is 13.9 Å². The minimum atomic E-state index is -4.00. The first kappa shape index (κ1) is 21.5. The van der Waals surface area contributed by atoms with E-state index in [1.807, 2.05) is 24.3 Å². The van der Waals surface area contributed by atoms with Gasteiger partial charge in [0.1, 0.15) is 23.2 Å². The zero-order valence-corrected chi connectivity index (χ0v) is 18.7. The molecule has 170 valence electrons. The highest BCUT2D eigenvalue weighted by atomic mass is 32.2. The number of ether oxygens (including phenoxy) is 2. The maximum absolute atomic E-state index is 13.8. The van der Waals surface area contributed by atoms with E-state index >= 15 is 0 Å². The number of benzene rings is 3. The molecule has 2 heterocycles. The van der Waals surface area contributed by atoms with E-state index in [1.54, 1.807) is 25.1 Å². The van der Waals surface area contributed by atoms with Crippen molar-refractivity contribution in [1.82, 2.24) is 4.72 Å². The molecule has 1 aromatic heterocycles. The molecule has 8 heteroatoms. The summed E-state index contributed by atoms with van der Waals surface area (Å²) in [5.74, 6) is 0.900. The molecule has 0 saturated carbocycles. The van der Waals surface area contributed by atoms with Crippen LogP contribution in [-0.2, 0) is 10.0 Å². The lowest BCUT2D eigenvalue weighted by Crippen LogP contribution is -2.29. The molecular weight excluding hydrogens is 445 g/mol. The van der Waals surface area contributed by atoms with Crippen molar-refractivity contribution < 1.29 is 26.7 Å². The van der Waals surface area contributed by atoms with Crippen LogP contribution in [0.15, 0.2) is 76.0 Å². The van der Waals surface area contributed by atoms with Crippen LogP contribution in [0.4, 0.5) is 4.39 Å². The Balaban J connectivity index is 1.57. The maximum Gasteiger partial charge on any atom is 0.241 e. The summed E-state index contributed by atoms with van der Waals surface area (Å²) in [5, 5.41) is 0.840. The van der Waals surface area contributed by atoms with E-state index in [2.05, 4.69) is 4.72 Å². The molecule has 0 unspecified atom stereocenters. The first-order valence-corrected chi connectivity index (χ1v) is 12.1. The van der Waals surface area contributed by atoms with Crippen LogP contribution in [0.5, 0.6) is 11.5 Å². The normalized spacial score (nSPS) is 14.7. The lowest BCUT2D eigenvalue weighted by molar-refractivity contribution is 0.297. The van der Waals surface area contributed by atoms with Crippen molar-refractivity contribution in [3.05, 3.63) is 89.4 Å². The standard InChI is InChI=1S/C25H22FNO5S/c1-16-13-18(26)7-9-20(16)25(24-14-17-5-2-3-6-21(17)32-24)27-33(28,29)19-8-10-22-23(15-19)31-12-4-11-30-22/h2-3,5-10,13-15,25,27H,4,11-12H2,1H3/t25-/m1/s1. The van der Waals surface area contributed by atoms with Crippen LogP contribution < -0.4 is 14.2 Å². The van der Waals surface area contributed by atoms with E-state index in [9.17, 15) is 12.8 Å². The van der Waals surface area contributed by atoms with Crippen molar-refractivity contribution in [2.75, 3.05) is 13.2 Å². The van der Waals surface area contributed by atoms with Crippen LogP contribution in [0.2, 0.25) is 0 Å². The SMILES string of the molecule is Cc1cc(F)ccc1[C@@H](NS(=O)(=O)c1ccc2c(c1)OCCCO2)c1cc2ccccc2o1. The third-order valence-corrected chi connectivity index (χ3v) is 6.99. The highest BCUT2D eigenvalue weighted by Crippen LogP contribution is 2.34. The molecule has 1 atom stereocenters. The Kier molecular flexibility index (Phi) is 5.55. The number of hydrogen-bond acceptors (Lipinski definition) is 5. The second kappa shape index (κ2) is 8.53. The van der Waals surface area contributed by atoms with Gasteiger partial charge in [-0.05, 0) is 54.4 Å². The highest BCUT2D eigenvalue weighted by Gasteiger charge is 2.28. The summed E-state index contributed by atoms with van der Waals surface area (Å²) in [6, 6.07) is 17.1. The lowest BCUT2D eigenvalue weighted by atomic mass is 10.00. The molecule has 1 aliphatic rings. The molecule has 0 saturated heterocycles. The molecule has 0 amide bonds. The smallest absolute Gasteiger partial charge is 0.241 e. The Bertz CT molecular complexity index is 1400. The van der Waals surface area contributed by atoms with Gasteiger partial charge in [0.2, 0.25) is 10.0 Å². The van der Waals surface area contributed by atoms with Gasteiger partial charge in [-0.1, -0.05) is 24.3 Å². The van der Waals surface area contributed by atoms with Crippen LogP contribution in [0.25, 0.3) is 11.0 Å². The predicted molar refractivity (Wildman–Crippen MR) is 122 cm³/mol. The van der Waals surface area contributed by atoms with Gasteiger partial charge in [-0.25, -0.2) is 12.8 Å². The van der Waals surface area contributed by atoms with Gasteiger partial charge >= 0.3 is 0 Å². The molecule has 0 spiro atoms. The van der Waals surface area contributed by atoms with Crippen LogP contribution in [-0.4, -0.2) is 21.6 Å². The van der Waals surface area contributed by atoms with Crippen molar-refractivity contribution in [3.8, 4) is 11.5 Å². The molecule has 1 N–H and O–H groups in total. The number of halogens is 1. The van der Waals surface area contributed by atoms with Crippen molar-refractivity contribution in [1.29, 1.82) is 0 Å². The lowest BCUT2D eigenvalue weighted by Gasteiger charge is -2.20. The predicted octanol–water partition coefficient (Wildman–Crippen LogP) is 5.11. The molecule has 0 fully saturated rings. The quantitative estimate of drug-likeness (QED) is 0.441. The molecule has 5 rings (SSSR count). The first-order valence-electron chi connectivity index (χ1n) is 10.6. The summed E-state index contributed by atoms with van der Waals surface area (Å²) < 4.78 is 60.6. The monoisotopic (exact) mass is 467 g/mol. The number of sulfonamides is 1. The Labute approximate surface area is 191 Å². The zero-order chi connectivity index (χ0) is 23.0. The van der Waals surface area contributed by atoms with E-state index in [0.717, 1.165) is 5.39 Å². The number of hydrogen-bond donors (Lipinski definition) is 1. The molecule has 0 bridgehead atoms. The van der Waals surface area contributed by atoms with Gasteiger partial charge in [0.15, 0.2) is 11.5 Å². The van der Waals surface area contributed by atoms with Crippen LogP contribution in [0, 0.1) is 12.7 Å². The fourth-order valence-corrected chi connectivity index (χ4v) is 5.12. The van der Waals surface area contributed by atoms with Crippen molar-refractivity contribution in [2.45, 2.75) is 24.3 Å². The van der Waals surface area contributed by atoms with Gasteiger partial charge in [0.25, 0.3) is 0 Å².